The van der Waals surface area contributed by atoms with Gasteiger partial charge in [0.1, 0.15) is 0 Å². The Labute approximate surface area is 118 Å². The maximum atomic E-state index is 6.04. The third kappa shape index (κ3) is 3.71. The quantitative estimate of drug-likeness (QED) is 0.852. The highest BCUT2D eigenvalue weighted by Gasteiger charge is 2.35. The molecule has 4 atom stereocenters. The van der Waals surface area contributed by atoms with Crippen molar-refractivity contribution < 1.29 is 4.74 Å². The highest BCUT2D eigenvalue weighted by atomic mass is 16.5. The molecule has 112 valence electrons. The molecule has 0 amide bonds. The molecule has 0 spiro atoms. The molecule has 0 aromatic rings. The van der Waals surface area contributed by atoms with Gasteiger partial charge in [0.2, 0.25) is 0 Å². The Kier molecular flexibility index (Phi) is 5.67. The average molecular weight is 268 g/mol. The monoisotopic (exact) mass is 268 g/mol. The first-order chi connectivity index (χ1) is 9.15. The van der Waals surface area contributed by atoms with E-state index in [2.05, 4.69) is 25.7 Å². The third-order valence-corrected chi connectivity index (χ3v) is 5.22. The molecular weight excluding hydrogens is 236 g/mol. The van der Waals surface area contributed by atoms with Crippen LogP contribution >= 0.6 is 0 Å². The van der Waals surface area contributed by atoms with Crippen LogP contribution in [-0.2, 0) is 4.74 Å². The molecule has 0 bridgehead atoms. The Morgan fingerprint density at radius 2 is 2.05 bits per heavy atom. The maximum absolute atomic E-state index is 6.04. The van der Waals surface area contributed by atoms with Gasteiger partial charge in [0, 0.05) is 25.2 Å². The first-order valence-corrected chi connectivity index (χ1v) is 8.23. The zero-order valence-corrected chi connectivity index (χ0v) is 13.0. The van der Waals surface area contributed by atoms with Crippen molar-refractivity contribution >= 4 is 0 Å². The Bertz CT molecular complexity index is 269. The molecule has 0 aromatic heterocycles. The first-order valence-electron chi connectivity index (χ1n) is 8.23. The lowest BCUT2D eigenvalue weighted by Crippen LogP contribution is -2.54. The van der Waals surface area contributed by atoms with Gasteiger partial charge in [-0.2, -0.15) is 0 Å². The lowest BCUT2D eigenvalue weighted by atomic mass is 9.85. The van der Waals surface area contributed by atoms with Crippen LogP contribution in [0.3, 0.4) is 0 Å². The van der Waals surface area contributed by atoms with Crippen molar-refractivity contribution in [2.45, 2.75) is 71.1 Å². The summed E-state index contributed by atoms with van der Waals surface area (Å²) >= 11 is 0. The number of ether oxygens (including phenoxy) is 1. The van der Waals surface area contributed by atoms with Crippen LogP contribution in [-0.4, -0.2) is 42.8 Å². The summed E-state index contributed by atoms with van der Waals surface area (Å²) in [6.07, 6.45) is 6.81. The minimum atomic E-state index is 0.445. The molecule has 0 radical (unpaired) electrons. The van der Waals surface area contributed by atoms with Crippen LogP contribution in [0.1, 0.15) is 52.9 Å². The van der Waals surface area contributed by atoms with Crippen LogP contribution in [0.2, 0.25) is 0 Å². The molecule has 2 fully saturated rings. The second kappa shape index (κ2) is 7.05. The fourth-order valence-electron chi connectivity index (χ4n) is 3.81. The molecule has 3 nitrogen and oxygen atoms in total. The van der Waals surface area contributed by atoms with Gasteiger partial charge in [-0.25, -0.2) is 0 Å². The SMILES string of the molecule is CCC1CCN(C2CCOC(C(C)C)C2)C(CN)C1. The fourth-order valence-corrected chi connectivity index (χ4v) is 3.81. The zero-order valence-electron chi connectivity index (χ0n) is 13.0. The van der Waals surface area contributed by atoms with Gasteiger partial charge in [0.15, 0.2) is 0 Å². The van der Waals surface area contributed by atoms with Gasteiger partial charge in [-0.3, -0.25) is 4.90 Å². The van der Waals surface area contributed by atoms with Gasteiger partial charge in [0.25, 0.3) is 0 Å². The van der Waals surface area contributed by atoms with Crippen LogP contribution < -0.4 is 5.73 Å². The molecule has 2 heterocycles. The minimum Gasteiger partial charge on any atom is -0.378 e. The summed E-state index contributed by atoms with van der Waals surface area (Å²) in [5, 5.41) is 0. The summed E-state index contributed by atoms with van der Waals surface area (Å²) in [6, 6.07) is 1.31. The molecule has 0 aliphatic carbocycles. The van der Waals surface area contributed by atoms with E-state index in [-0.39, 0.29) is 0 Å². The summed E-state index contributed by atoms with van der Waals surface area (Å²) in [7, 11) is 0. The largest absolute Gasteiger partial charge is 0.378 e. The van der Waals surface area contributed by atoms with E-state index in [9.17, 15) is 0 Å². The smallest absolute Gasteiger partial charge is 0.0612 e. The highest BCUT2D eigenvalue weighted by molar-refractivity contribution is 4.89. The lowest BCUT2D eigenvalue weighted by molar-refractivity contribution is -0.0641. The normalized spacial score (nSPS) is 37.7. The van der Waals surface area contributed by atoms with Crippen LogP contribution in [0, 0.1) is 11.8 Å². The summed E-state index contributed by atoms with van der Waals surface area (Å²) in [5.41, 5.74) is 6.04. The maximum Gasteiger partial charge on any atom is 0.0612 e. The zero-order chi connectivity index (χ0) is 13.8. The van der Waals surface area contributed by atoms with Crippen LogP contribution in [0.4, 0.5) is 0 Å². The fraction of sp³-hybridized carbons (Fsp3) is 1.00. The number of rotatable bonds is 4. The number of nitrogens with zero attached hydrogens (tertiary/aromatic N) is 1. The number of hydrogen-bond donors (Lipinski definition) is 1. The number of likely N-dealkylation sites (tertiary alicyclic amines) is 1. The Hall–Kier alpha value is -0.120. The first kappa shape index (κ1) is 15.3. The average Bonchev–Trinajstić information content (AvgIpc) is 2.46. The standard InChI is InChI=1S/C16H32N2O/c1-4-13-5-7-18(15(9-13)11-17)14-6-8-19-16(10-14)12(2)3/h12-16H,4-11,17H2,1-3H3. The molecule has 0 saturated carbocycles. The number of piperidine rings is 1. The molecule has 2 N–H and O–H groups in total. The molecule has 2 aliphatic rings. The Morgan fingerprint density at radius 3 is 2.68 bits per heavy atom. The lowest BCUT2D eigenvalue weighted by Gasteiger charge is -2.46. The molecule has 2 aliphatic heterocycles. The van der Waals surface area contributed by atoms with Gasteiger partial charge in [-0.15, -0.1) is 0 Å². The molecule has 2 saturated heterocycles. The van der Waals surface area contributed by atoms with E-state index in [1.54, 1.807) is 0 Å². The van der Waals surface area contributed by atoms with Crippen molar-refractivity contribution in [2.24, 2.45) is 17.6 Å². The van der Waals surface area contributed by atoms with E-state index in [1.165, 1.54) is 38.6 Å². The van der Waals surface area contributed by atoms with E-state index < -0.39 is 0 Å². The topological polar surface area (TPSA) is 38.5 Å². The van der Waals surface area contributed by atoms with Crippen LogP contribution in [0.5, 0.6) is 0 Å². The van der Waals surface area contributed by atoms with Gasteiger partial charge in [0.05, 0.1) is 6.10 Å². The van der Waals surface area contributed by atoms with Crippen LogP contribution in [0.25, 0.3) is 0 Å². The number of nitrogens with two attached hydrogens (primary N) is 1. The van der Waals surface area contributed by atoms with E-state index in [1.807, 2.05) is 0 Å². The van der Waals surface area contributed by atoms with Crippen molar-refractivity contribution in [1.82, 2.24) is 4.90 Å². The van der Waals surface area contributed by atoms with Crippen molar-refractivity contribution in [3.63, 3.8) is 0 Å². The van der Waals surface area contributed by atoms with Crippen molar-refractivity contribution in [1.29, 1.82) is 0 Å². The number of hydrogen-bond acceptors (Lipinski definition) is 3. The summed E-state index contributed by atoms with van der Waals surface area (Å²) in [5.74, 6) is 1.53. The van der Waals surface area contributed by atoms with Gasteiger partial charge in [-0.05, 0) is 44.1 Å². The van der Waals surface area contributed by atoms with E-state index >= 15 is 0 Å². The molecule has 2 rings (SSSR count). The van der Waals surface area contributed by atoms with Gasteiger partial charge in [-0.1, -0.05) is 27.2 Å². The highest BCUT2D eigenvalue weighted by Crippen LogP contribution is 2.31. The molecule has 0 aromatic carbocycles. The second-order valence-corrected chi connectivity index (χ2v) is 6.76. The van der Waals surface area contributed by atoms with Crippen molar-refractivity contribution in [2.75, 3.05) is 19.7 Å². The van der Waals surface area contributed by atoms with Crippen molar-refractivity contribution in [3.8, 4) is 0 Å². The van der Waals surface area contributed by atoms with Gasteiger partial charge < -0.3 is 10.5 Å². The summed E-state index contributed by atoms with van der Waals surface area (Å²) in [6.45, 7) is 9.86. The Balaban J connectivity index is 1.95. The summed E-state index contributed by atoms with van der Waals surface area (Å²) in [4.78, 5) is 2.71. The molecule has 19 heavy (non-hydrogen) atoms. The molecular formula is C16H32N2O. The minimum absolute atomic E-state index is 0.445. The molecule has 4 unspecified atom stereocenters. The Morgan fingerprint density at radius 1 is 1.26 bits per heavy atom. The van der Waals surface area contributed by atoms with E-state index in [0.29, 0.717) is 24.1 Å². The second-order valence-electron chi connectivity index (χ2n) is 6.76. The van der Waals surface area contributed by atoms with E-state index in [0.717, 1.165) is 19.1 Å². The van der Waals surface area contributed by atoms with E-state index in [4.69, 9.17) is 10.5 Å². The van der Waals surface area contributed by atoms with Crippen LogP contribution in [0.15, 0.2) is 0 Å². The third-order valence-electron chi connectivity index (χ3n) is 5.22. The predicted molar refractivity (Wildman–Crippen MR) is 80.2 cm³/mol. The van der Waals surface area contributed by atoms with Gasteiger partial charge >= 0.3 is 0 Å². The van der Waals surface area contributed by atoms with Crippen molar-refractivity contribution in [3.05, 3.63) is 0 Å². The summed E-state index contributed by atoms with van der Waals surface area (Å²) < 4.78 is 5.91. The molecule has 3 heteroatoms. The predicted octanol–water partition coefficient (Wildman–Crippen LogP) is 2.64.